The Morgan fingerprint density at radius 3 is 2.60 bits per heavy atom. The molecule has 118 valence electrons. The summed E-state index contributed by atoms with van der Waals surface area (Å²) < 4.78 is 17.2. The SMILES string of the molecule is CCOC(C)CC(C)C(C)COCC1CCC2OC2C1. The van der Waals surface area contributed by atoms with Gasteiger partial charge in [0.2, 0.25) is 0 Å². The maximum atomic E-state index is 5.97. The van der Waals surface area contributed by atoms with Crippen molar-refractivity contribution in [3.05, 3.63) is 0 Å². The molecule has 2 fully saturated rings. The first kappa shape index (κ1) is 16.3. The van der Waals surface area contributed by atoms with Crippen LogP contribution >= 0.6 is 0 Å². The molecule has 0 spiro atoms. The number of epoxide rings is 1. The largest absolute Gasteiger partial charge is 0.381 e. The Morgan fingerprint density at radius 1 is 1.10 bits per heavy atom. The maximum Gasteiger partial charge on any atom is 0.0845 e. The molecule has 0 aromatic rings. The van der Waals surface area contributed by atoms with Gasteiger partial charge < -0.3 is 14.2 Å². The second kappa shape index (κ2) is 7.77. The molecule has 0 bridgehead atoms. The van der Waals surface area contributed by atoms with Gasteiger partial charge in [0.1, 0.15) is 0 Å². The standard InChI is InChI=1S/C17H32O3/c1-5-19-14(4)8-12(2)13(3)10-18-11-15-6-7-16-17(9-15)20-16/h12-17H,5-11H2,1-4H3. The third kappa shape index (κ3) is 5.01. The van der Waals surface area contributed by atoms with Crippen molar-refractivity contribution in [1.82, 2.24) is 0 Å². The molecule has 1 heterocycles. The van der Waals surface area contributed by atoms with E-state index < -0.39 is 0 Å². The highest BCUT2D eigenvalue weighted by molar-refractivity contribution is 4.91. The van der Waals surface area contributed by atoms with Crippen LogP contribution < -0.4 is 0 Å². The first-order chi connectivity index (χ1) is 9.60. The van der Waals surface area contributed by atoms with Crippen LogP contribution in [0.15, 0.2) is 0 Å². The van der Waals surface area contributed by atoms with E-state index in [1.165, 1.54) is 19.3 Å². The Hall–Kier alpha value is -0.120. The van der Waals surface area contributed by atoms with Gasteiger partial charge in [0, 0.05) is 19.8 Å². The number of rotatable bonds is 9. The van der Waals surface area contributed by atoms with Crippen molar-refractivity contribution in [3.63, 3.8) is 0 Å². The van der Waals surface area contributed by atoms with E-state index in [1.54, 1.807) is 0 Å². The molecule has 3 nitrogen and oxygen atoms in total. The van der Waals surface area contributed by atoms with Crippen molar-refractivity contribution in [2.75, 3.05) is 19.8 Å². The smallest absolute Gasteiger partial charge is 0.0845 e. The molecule has 1 aliphatic heterocycles. The van der Waals surface area contributed by atoms with Gasteiger partial charge in [-0.25, -0.2) is 0 Å². The summed E-state index contributed by atoms with van der Waals surface area (Å²) in [5, 5.41) is 0. The Labute approximate surface area is 124 Å². The molecule has 1 saturated heterocycles. The summed E-state index contributed by atoms with van der Waals surface area (Å²) in [6.45, 7) is 11.4. The highest BCUT2D eigenvalue weighted by Gasteiger charge is 2.43. The minimum Gasteiger partial charge on any atom is -0.381 e. The first-order valence-corrected chi connectivity index (χ1v) is 8.44. The molecule has 6 unspecified atom stereocenters. The summed E-state index contributed by atoms with van der Waals surface area (Å²) in [6, 6.07) is 0. The van der Waals surface area contributed by atoms with Crippen LogP contribution in [0.25, 0.3) is 0 Å². The second-order valence-electron chi connectivity index (χ2n) is 6.89. The van der Waals surface area contributed by atoms with Gasteiger partial charge >= 0.3 is 0 Å². The highest BCUT2D eigenvalue weighted by atomic mass is 16.6. The van der Waals surface area contributed by atoms with Crippen molar-refractivity contribution >= 4 is 0 Å². The van der Waals surface area contributed by atoms with E-state index in [9.17, 15) is 0 Å². The lowest BCUT2D eigenvalue weighted by Crippen LogP contribution is -2.23. The van der Waals surface area contributed by atoms with Crippen molar-refractivity contribution in [2.24, 2.45) is 17.8 Å². The summed E-state index contributed by atoms with van der Waals surface area (Å²) in [6.07, 6.45) is 6.41. The molecule has 0 aromatic heterocycles. The predicted octanol–water partition coefficient (Wildman–Crippen LogP) is 3.66. The molecule has 2 aliphatic rings. The Balaban J connectivity index is 1.55. The fraction of sp³-hybridized carbons (Fsp3) is 1.00. The Kier molecular flexibility index (Phi) is 6.31. The minimum absolute atomic E-state index is 0.361. The average Bonchev–Trinajstić information content (AvgIpc) is 3.17. The zero-order chi connectivity index (χ0) is 14.5. The van der Waals surface area contributed by atoms with Gasteiger partial charge in [0.15, 0.2) is 0 Å². The molecule has 20 heavy (non-hydrogen) atoms. The van der Waals surface area contributed by atoms with E-state index in [-0.39, 0.29) is 0 Å². The predicted molar refractivity (Wildman–Crippen MR) is 80.9 cm³/mol. The monoisotopic (exact) mass is 284 g/mol. The van der Waals surface area contributed by atoms with Crippen LogP contribution in [0.4, 0.5) is 0 Å². The van der Waals surface area contributed by atoms with Crippen LogP contribution in [0.5, 0.6) is 0 Å². The highest BCUT2D eigenvalue weighted by Crippen LogP contribution is 2.39. The quantitative estimate of drug-likeness (QED) is 0.605. The van der Waals surface area contributed by atoms with Crippen molar-refractivity contribution in [2.45, 2.75) is 71.7 Å². The van der Waals surface area contributed by atoms with E-state index in [1.807, 2.05) is 0 Å². The van der Waals surface area contributed by atoms with Crippen LogP contribution in [0, 0.1) is 17.8 Å². The molecule has 3 heteroatoms. The van der Waals surface area contributed by atoms with Crippen molar-refractivity contribution in [3.8, 4) is 0 Å². The van der Waals surface area contributed by atoms with Gasteiger partial charge in [0.25, 0.3) is 0 Å². The molecule has 1 saturated carbocycles. The summed E-state index contributed by atoms with van der Waals surface area (Å²) in [4.78, 5) is 0. The van der Waals surface area contributed by atoms with E-state index in [0.29, 0.717) is 30.1 Å². The fourth-order valence-electron chi connectivity index (χ4n) is 3.33. The molecule has 0 radical (unpaired) electrons. The van der Waals surface area contributed by atoms with Crippen LogP contribution in [-0.2, 0) is 14.2 Å². The lowest BCUT2D eigenvalue weighted by atomic mass is 9.89. The van der Waals surface area contributed by atoms with Gasteiger partial charge in [-0.05, 0) is 57.3 Å². The molecule has 0 aromatic carbocycles. The van der Waals surface area contributed by atoms with E-state index >= 15 is 0 Å². The van der Waals surface area contributed by atoms with Crippen LogP contribution in [0.2, 0.25) is 0 Å². The topological polar surface area (TPSA) is 31.0 Å². The summed E-state index contributed by atoms with van der Waals surface area (Å²) in [5.41, 5.74) is 0. The third-order valence-electron chi connectivity index (χ3n) is 4.97. The molecule has 0 amide bonds. The normalized spacial score (nSPS) is 33.3. The number of hydrogen-bond donors (Lipinski definition) is 0. The van der Waals surface area contributed by atoms with Crippen LogP contribution in [-0.4, -0.2) is 38.1 Å². The molecular formula is C17H32O3. The maximum absolute atomic E-state index is 5.97. The van der Waals surface area contributed by atoms with Gasteiger partial charge in [-0.15, -0.1) is 0 Å². The van der Waals surface area contributed by atoms with E-state index in [4.69, 9.17) is 14.2 Å². The molecule has 2 rings (SSSR count). The number of ether oxygens (including phenoxy) is 3. The molecular weight excluding hydrogens is 252 g/mol. The van der Waals surface area contributed by atoms with Gasteiger partial charge in [-0.1, -0.05) is 13.8 Å². The molecule has 6 atom stereocenters. The second-order valence-corrected chi connectivity index (χ2v) is 6.89. The van der Waals surface area contributed by atoms with Crippen molar-refractivity contribution in [1.29, 1.82) is 0 Å². The summed E-state index contributed by atoms with van der Waals surface area (Å²) in [7, 11) is 0. The fourth-order valence-corrected chi connectivity index (χ4v) is 3.33. The van der Waals surface area contributed by atoms with Gasteiger partial charge in [-0.2, -0.15) is 0 Å². The zero-order valence-electron chi connectivity index (χ0n) is 13.6. The van der Waals surface area contributed by atoms with Gasteiger partial charge in [0.05, 0.1) is 18.3 Å². The van der Waals surface area contributed by atoms with Crippen LogP contribution in [0.3, 0.4) is 0 Å². The van der Waals surface area contributed by atoms with Crippen LogP contribution in [0.1, 0.15) is 53.4 Å². The zero-order valence-corrected chi connectivity index (χ0v) is 13.6. The summed E-state index contributed by atoms with van der Waals surface area (Å²) >= 11 is 0. The Bertz CT molecular complexity index is 281. The number of fused-ring (bicyclic) bond motifs is 1. The van der Waals surface area contributed by atoms with E-state index in [2.05, 4.69) is 27.7 Å². The third-order valence-corrected chi connectivity index (χ3v) is 4.97. The molecule has 0 N–H and O–H groups in total. The number of hydrogen-bond acceptors (Lipinski definition) is 3. The Morgan fingerprint density at radius 2 is 1.90 bits per heavy atom. The minimum atomic E-state index is 0.361. The van der Waals surface area contributed by atoms with E-state index in [0.717, 1.165) is 32.2 Å². The van der Waals surface area contributed by atoms with Gasteiger partial charge in [-0.3, -0.25) is 0 Å². The molecule has 1 aliphatic carbocycles. The first-order valence-electron chi connectivity index (χ1n) is 8.44. The summed E-state index contributed by atoms with van der Waals surface area (Å²) in [5.74, 6) is 1.98. The lowest BCUT2D eigenvalue weighted by molar-refractivity contribution is 0.0268. The lowest BCUT2D eigenvalue weighted by Gasteiger charge is -2.25. The average molecular weight is 284 g/mol. The van der Waals surface area contributed by atoms with Crippen molar-refractivity contribution < 1.29 is 14.2 Å².